The van der Waals surface area contributed by atoms with E-state index in [1.807, 2.05) is 0 Å². The maximum absolute atomic E-state index is 11.6. The van der Waals surface area contributed by atoms with E-state index in [4.69, 9.17) is 18.9 Å². The highest BCUT2D eigenvalue weighted by molar-refractivity contribution is 5.73. The van der Waals surface area contributed by atoms with Crippen LogP contribution < -0.4 is 18.9 Å². The van der Waals surface area contributed by atoms with Crippen LogP contribution in [-0.2, 0) is 9.59 Å². The van der Waals surface area contributed by atoms with E-state index in [0.717, 1.165) is 25.7 Å². The van der Waals surface area contributed by atoms with Crippen LogP contribution in [0.3, 0.4) is 0 Å². The molecule has 1 aromatic carbocycles. The molecule has 0 amide bonds. The zero-order valence-electron chi connectivity index (χ0n) is 20.5. The minimum atomic E-state index is -0.448. The summed E-state index contributed by atoms with van der Waals surface area (Å²) in [4.78, 5) is 23.2. The molecular weight excluding hydrogens is 408 g/mol. The molecule has 0 N–H and O–H groups in total. The molecule has 1 aromatic rings. The summed E-state index contributed by atoms with van der Waals surface area (Å²) in [6, 6.07) is 3.15. The third kappa shape index (κ3) is 12.6. The average molecular weight is 451 g/mol. The van der Waals surface area contributed by atoms with Gasteiger partial charge in [0.05, 0.1) is 13.2 Å². The van der Waals surface area contributed by atoms with Crippen molar-refractivity contribution in [2.24, 2.45) is 0 Å². The van der Waals surface area contributed by atoms with Crippen molar-refractivity contribution in [3.8, 4) is 23.0 Å². The van der Waals surface area contributed by atoms with Gasteiger partial charge in [-0.25, -0.2) is 0 Å². The maximum atomic E-state index is 11.6. The summed E-state index contributed by atoms with van der Waals surface area (Å²) in [6.07, 6.45) is 13.7. The van der Waals surface area contributed by atoms with Crippen LogP contribution in [0.15, 0.2) is 12.1 Å². The summed E-state index contributed by atoms with van der Waals surface area (Å²) in [5.74, 6) is 0.400. The lowest BCUT2D eigenvalue weighted by Crippen LogP contribution is -2.09. The predicted octanol–water partition coefficient (Wildman–Crippen LogP) is 7.02. The molecule has 32 heavy (non-hydrogen) atoms. The summed E-state index contributed by atoms with van der Waals surface area (Å²) >= 11 is 0. The Kier molecular flexibility index (Phi) is 15.1. The summed E-state index contributed by atoms with van der Waals surface area (Å²) in [5, 5.41) is 0. The molecule has 1 rings (SSSR count). The molecule has 0 aromatic heterocycles. The van der Waals surface area contributed by atoms with Gasteiger partial charge in [0, 0.05) is 26.0 Å². The van der Waals surface area contributed by atoms with Gasteiger partial charge in [0.15, 0.2) is 23.0 Å². The Morgan fingerprint density at radius 1 is 0.562 bits per heavy atom. The molecule has 0 heterocycles. The first kappa shape index (κ1) is 27.8. The molecule has 0 atom stereocenters. The topological polar surface area (TPSA) is 71.1 Å². The Hall–Kier alpha value is -2.24. The molecule has 0 unspecified atom stereocenters. The summed E-state index contributed by atoms with van der Waals surface area (Å²) in [6.45, 7) is 8.07. The number of rotatable bonds is 18. The van der Waals surface area contributed by atoms with Crippen LogP contribution in [0.25, 0.3) is 0 Å². The van der Waals surface area contributed by atoms with E-state index in [1.165, 1.54) is 65.2 Å². The summed E-state index contributed by atoms with van der Waals surface area (Å²) < 4.78 is 22.4. The highest BCUT2D eigenvalue weighted by Crippen LogP contribution is 2.40. The van der Waals surface area contributed by atoms with E-state index in [1.54, 1.807) is 12.1 Å². The monoisotopic (exact) mass is 450 g/mol. The second kappa shape index (κ2) is 17.3. The fraction of sp³-hybridized carbons (Fsp3) is 0.692. The normalized spacial score (nSPS) is 10.6. The van der Waals surface area contributed by atoms with Gasteiger partial charge in [-0.15, -0.1) is 0 Å². The van der Waals surface area contributed by atoms with Gasteiger partial charge in [0.2, 0.25) is 0 Å². The van der Waals surface area contributed by atoms with Crippen molar-refractivity contribution >= 4 is 11.9 Å². The highest BCUT2D eigenvalue weighted by Gasteiger charge is 2.17. The van der Waals surface area contributed by atoms with E-state index in [-0.39, 0.29) is 11.5 Å². The van der Waals surface area contributed by atoms with Crippen molar-refractivity contribution < 1.29 is 28.5 Å². The van der Waals surface area contributed by atoms with Crippen molar-refractivity contribution in [3.63, 3.8) is 0 Å². The van der Waals surface area contributed by atoms with Crippen molar-refractivity contribution in [2.45, 2.75) is 105 Å². The maximum Gasteiger partial charge on any atom is 0.308 e. The van der Waals surface area contributed by atoms with Gasteiger partial charge in [-0.1, -0.05) is 78.1 Å². The molecular formula is C26H42O6. The minimum Gasteiger partial charge on any atom is -0.490 e. The van der Waals surface area contributed by atoms with Crippen LogP contribution in [0.2, 0.25) is 0 Å². The molecule has 6 nitrogen and oxygen atoms in total. The van der Waals surface area contributed by atoms with Crippen LogP contribution >= 0.6 is 0 Å². The minimum absolute atomic E-state index is 0.275. The lowest BCUT2D eigenvalue weighted by atomic mass is 10.1. The first-order valence-electron chi connectivity index (χ1n) is 12.3. The zero-order valence-corrected chi connectivity index (χ0v) is 20.5. The van der Waals surface area contributed by atoms with Gasteiger partial charge in [-0.2, -0.15) is 0 Å². The van der Waals surface area contributed by atoms with Crippen LogP contribution in [0.4, 0.5) is 0 Å². The van der Waals surface area contributed by atoms with Gasteiger partial charge in [0.1, 0.15) is 0 Å². The molecule has 0 fully saturated rings. The Labute approximate surface area is 194 Å². The standard InChI is InChI=1S/C26H42O6/c1-5-7-9-11-13-15-17-29-23-19-26(32-22(4)28)24(20-25(23)31-21(3)27)30-18-16-14-12-10-8-6-2/h19-20H,5-18H2,1-4H3. The van der Waals surface area contributed by atoms with Crippen LogP contribution in [0, 0.1) is 0 Å². The smallest absolute Gasteiger partial charge is 0.308 e. The summed E-state index contributed by atoms with van der Waals surface area (Å²) in [5.41, 5.74) is 0. The van der Waals surface area contributed by atoms with Gasteiger partial charge in [-0.3, -0.25) is 9.59 Å². The SMILES string of the molecule is CCCCCCCCOc1cc(OC(C)=O)c(OCCCCCCCC)cc1OC(C)=O. The first-order valence-corrected chi connectivity index (χ1v) is 12.3. The number of hydrogen-bond acceptors (Lipinski definition) is 6. The third-order valence-corrected chi connectivity index (χ3v) is 5.03. The van der Waals surface area contributed by atoms with Crippen molar-refractivity contribution in [1.82, 2.24) is 0 Å². The predicted molar refractivity (Wildman–Crippen MR) is 127 cm³/mol. The molecule has 0 aliphatic heterocycles. The van der Waals surface area contributed by atoms with Gasteiger partial charge in [-0.05, 0) is 12.8 Å². The summed E-state index contributed by atoms with van der Waals surface area (Å²) in [7, 11) is 0. The molecule has 0 spiro atoms. The van der Waals surface area contributed by atoms with Crippen molar-refractivity contribution in [2.75, 3.05) is 13.2 Å². The Morgan fingerprint density at radius 3 is 1.25 bits per heavy atom. The molecule has 182 valence electrons. The van der Waals surface area contributed by atoms with E-state index < -0.39 is 11.9 Å². The molecule has 0 bridgehead atoms. The van der Waals surface area contributed by atoms with Crippen molar-refractivity contribution in [3.05, 3.63) is 12.1 Å². The van der Waals surface area contributed by atoms with E-state index in [0.29, 0.717) is 24.7 Å². The lowest BCUT2D eigenvalue weighted by Gasteiger charge is -2.16. The van der Waals surface area contributed by atoms with Crippen molar-refractivity contribution in [1.29, 1.82) is 0 Å². The lowest BCUT2D eigenvalue weighted by molar-refractivity contribution is -0.133. The number of unbranched alkanes of at least 4 members (excludes halogenated alkanes) is 10. The average Bonchev–Trinajstić information content (AvgIpc) is 2.74. The number of carbonyl (C=O) groups excluding carboxylic acids is 2. The van der Waals surface area contributed by atoms with Gasteiger partial charge >= 0.3 is 11.9 Å². The van der Waals surface area contributed by atoms with Gasteiger partial charge in [0.25, 0.3) is 0 Å². The molecule has 0 saturated carbocycles. The molecule has 0 aliphatic rings. The Bertz CT molecular complexity index is 613. The second-order valence-electron chi connectivity index (χ2n) is 8.17. The van der Waals surface area contributed by atoms with Crippen LogP contribution in [0.1, 0.15) is 105 Å². The molecule has 6 heteroatoms. The number of ether oxygens (including phenoxy) is 4. The molecule has 0 saturated heterocycles. The van der Waals surface area contributed by atoms with Crippen LogP contribution in [-0.4, -0.2) is 25.2 Å². The molecule has 0 radical (unpaired) electrons. The third-order valence-electron chi connectivity index (χ3n) is 5.03. The Morgan fingerprint density at radius 2 is 0.906 bits per heavy atom. The number of hydrogen-bond donors (Lipinski definition) is 0. The largest absolute Gasteiger partial charge is 0.490 e. The highest BCUT2D eigenvalue weighted by atomic mass is 16.6. The fourth-order valence-electron chi connectivity index (χ4n) is 3.35. The zero-order chi connectivity index (χ0) is 23.6. The molecule has 0 aliphatic carbocycles. The van der Waals surface area contributed by atoms with E-state index in [2.05, 4.69) is 13.8 Å². The number of esters is 2. The number of carbonyl (C=O) groups is 2. The Balaban J connectivity index is 2.78. The fourth-order valence-corrected chi connectivity index (χ4v) is 3.35. The van der Waals surface area contributed by atoms with Gasteiger partial charge < -0.3 is 18.9 Å². The number of benzene rings is 1. The van der Waals surface area contributed by atoms with E-state index in [9.17, 15) is 9.59 Å². The van der Waals surface area contributed by atoms with Crippen LogP contribution in [0.5, 0.6) is 23.0 Å². The second-order valence-corrected chi connectivity index (χ2v) is 8.17. The quantitative estimate of drug-likeness (QED) is 0.136. The first-order chi connectivity index (χ1) is 15.5. The van der Waals surface area contributed by atoms with E-state index >= 15 is 0 Å².